The predicted octanol–water partition coefficient (Wildman–Crippen LogP) is 5.70. The van der Waals surface area contributed by atoms with Gasteiger partial charge in [-0.15, -0.1) is 11.3 Å². The van der Waals surface area contributed by atoms with E-state index in [2.05, 4.69) is 49.7 Å². The van der Waals surface area contributed by atoms with Crippen LogP contribution in [0.5, 0.6) is 0 Å². The molecule has 10 heteroatoms. The number of thiazole rings is 1. The van der Waals surface area contributed by atoms with E-state index in [4.69, 9.17) is 0 Å². The van der Waals surface area contributed by atoms with Crippen LogP contribution in [0.15, 0.2) is 42.9 Å². The van der Waals surface area contributed by atoms with Gasteiger partial charge in [-0.3, -0.25) is 4.68 Å². The first kappa shape index (κ1) is 27.9. The molecule has 9 nitrogen and oxygen atoms in total. The van der Waals surface area contributed by atoms with E-state index in [1.54, 1.807) is 17.1 Å². The van der Waals surface area contributed by atoms with Crippen molar-refractivity contribution in [2.75, 3.05) is 5.32 Å². The van der Waals surface area contributed by atoms with Gasteiger partial charge in [-0.25, -0.2) is 19.7 Å². The number of nitrogens with one attached hydrogen (secondary N) is 2. The molecule has 4 aromatic rings. The zero-order valence-electron chi connectivity index (χ0n) is 22.5. The molecule has 0 spiro atoms. The van der Waals surface area contributed by atoms with Crippen LogP contribution in [0.4, 0.5) is 11.6 Å². The standard InChI is InChI=1S/C25H29N7O2S.C2H6/c1-15-10-16(19-8-9-27-24(31-19)29-18-12-28-32(5)14-18)6-7-17(15)11-26-13-20-21(22(33)34)35-23(30-20)25(2,3)4;1-2/h6-10,12,14,26H,11,13H2,1-5H3,(H,33,34)(H,27,29,31);1-2H3. The molecule has 3 aromatic heterocycles. The van der Waals surface area contributed by atoms with Crippen LogP contribution in [0.3, 0.4) is 0 Å². The molecular formula is C27H35N7O2S. The minimum Gasteiger partial charge on any atom is -0.477 e. The van der Waals surface area contributed by atoms with Crippen LogP contribution >= 0.6 is 11.3 Å². The van der Waals surface area contributed by atoms with Crippen molar-refractivity contribution in [1.82, 2.24) is 30.0 Å². The van der Waals surface area contributed by atoms with Gasteiger partial charge in [0.25, 0.3) is 0 Å². The van der Waals surface area contributed by atoms with E-state index in [0.29, 0.717) is 29.6 Å². The third-order valence-electron chi connectivity index (χ3n) is 5.40. The van der Waals surface area contributed by atoms with Crippen LogP contribution in [-0.4, -0.2) is 35.8 Å². The van der Waals surface area contributed by atoms with Gasteiger partial charge in [-0.1, -0.05) is 46.8 Å². The Balaban J connectivity index is 0.00000186. The average molecular weight is 522 g/mol. The minimum atomic E-state index is -0.933. The largest absolute Gasteiger partial charge is 0.477 e. The number of hydrogen-bond acceptors (Lipinski definition) is 8. The molecule has 0 aliphatic rings. The van der Waals surface area contributed by atoms with Crippen LogP contribution in [-0.2, 0) is 25.6 Å². The molecule has 0 radical (unpaired) electrons. The lowest BCUT2D eigenvalue weighted by atomic mass is 9.98. The van der Waals surface area contributed by atoms with Crippen LogP contribution < -0.4 is 10.6 Å². The molecular weight excluding hydrogens is 486 g/mol. The quantitative estimate of drug-likeness (QED) is 0.270. The maximum atomic E-state index is 11.7. The van der Waals surface area contributed by atoms with E-state index in [1.165, 1.54) is 11.3 Å². The lowest BCUT2D eigenvalue weighted by Gasteiger charge is -2.13. The Bertz CT molecular complexity index is 1360. The zero-order chi connectivity index (χ0) is 27.2. The second-order valence-corrected chi connectivity index (χ2v) is 10.4. The summed E-state index contributed by atoms with van der Waals surface area (Å²) in [6.45, 7) is 13.2. The Morgan fingerprint density at radius 3 is 2.51 bits per heavy atom. The number of aromatic nitrogens is 5. The fourth-order valence-corrected chi connectivity index (χ4v) is 4.50. The number of benzene rings is 1. The van der Waals surface area contributed by atoms with Gasteiger partial charge in [-0.2, -0.15) is 5.10 Å². The molecule has 0 fully saturated rings. The topological polar surface area (TPSA) is 118 Å². The fourth-order valence-electron chi connectivity index (χ4n) is 3.52. The maximum absolute atomic E-state index is 11.7. The van der Waals surface area contributed by atoms with Crippen molar-refractivity contribution in [2.24, 2.45) is 7.05 Å². The van der Waals surface area contributed by atoms with Gasteiger partial charge in [0, 0.05) is 43.5 Å². The molecule has 0 amide bonds. The fraction of sp³-hybridized carbons (Fsp3) is 0.370. The lowest BCUT2D eigenvalue weighted by Crippen LogP contribution is -2.16. The normalized spacial score (nSPS) is 11.1. The summed E-state index contributed by atoms with van der Waals surface area (Å²) < 4.78 is 1.71. The lowest BCUT2D eigenvalue weighted by molar-refractivity contribution is 0.0700. The van der Waals surface area contributed by atoms with Crippen LogP contribution in [0.25, 0.3) is 11.3 Å². The van der Waals surface area contributed by atoms with E-state index in [0.717, 1.165) is 33.1 Å². The number of carboxylic acids is 1. The molecule has 196 valence electrons. The van der Waals surface area contributed by atoms with Gasteiger partial charge in [0.15, 0.2) is 0 Å². The van der Waals surface area contributed by atoms with Crippen LogP contribution in [0.2, 0.25) is 0 Å². The molecule has 0 bridgehead atoms. The molecule has 4 rings (SSSR count). The van der Waals surface area contributed by atoms with Crippen molar-refractivity contribution in [1.29, 1.82) is 0 Å². The number of carboxylic acid groups (broad SMARTS) is 1. The molecule has 3 N–H and O–H groups in total. The van der Waals surface area contributed by atoms with Crippen molar-refractivity contribution in [3.8, 4) is 11.3 Å². The molecule has 0 saturated heterocycles. The van der Waals surface area contributed by atoms with Crippen LogP contribution in [0, 0.1) is 6.92 Å². The number of hydrogen-bond donors (Lipinski definition) is 3. The summed E-state index contributed by atoms with van der Waals surface area (Å²) in [5.74, 6) is -0.427. The first-order valence-electron chi connectivity index (χ1n) is 12.2. The molecule has 1 aromatic carbocycles. The highest BCUT2D eigenvalue weighted by molar-refractivity contribution is 7.13. The van der Waals surface area contributed by atoms with Gasteiger partial charge < -0.3 is 15.7 Å². The summed E-state index contributed by atoms with van der Waals surface area (Å²) in [5, 5.41) is 21.1. The van der Waals surface area contributed by atoms with E-state index < -0.39 is 5.97 Å². The second kappa shape index (κ2) is 12.1. The summed E-state index contributed by atoms with van der Waals surface area (Å²) in [5.41, 5.74) is 5.26. The zero-order valence-corrected chi connectivity index (χ0v) is 23.3. The van der Waals surface area contributed by atoms with Gasteiger partial charge >= 0.3 is 5.97 Å². The maximum Gasteiger partial charge on any atom is 0.347 e. The van der Waals surface area contributed by atoms with E-state index in [9.17, 15) is 9.90 Å². The Morgan fingerprint density at radius 2 is 1.89 bits per heavy atom. The molecule has 0 saturated carbocycles. The summed E-state index contributed by atoms with van der Waals surface area (Å²) >= 11 is 1.25. The Hall–Kier alpha value is -3.63. The average Bonchev–Trinajstić information content (AvgIpc) is 3.48. The summed E-state index contributed by atoms with van der Waals surface area (Å²) in [6, 6.07) is 8.07. The number of carbonyl (C=O) groups is 1. The van der Waals surface area contributed by atoms with Crippen molar-refractivity contribution in [3.05, 3.63) is 69.6 Å². The third kappa shape index (κ3) is 7.21. The van der Waals surface area contributed by atoms with Crippen molar-refractivity contribution in [3.63, 3.8) is 0 Å². The van der Waals surface area contributed by atoms with Crippen molar-refractivity contribution >= 4 is 28.9 Å². The van der Waals surface area contributed by atoms with Gasteiger partial charge in [0.1, 0.15) is 4.88 Å². The molecule has 0 unspecified atom stereocenters. The van der Waals surface area contributed by atoms with Gasteiger partial charge in [-0.05, 0) is 30.2 Å². The predicted molar refractivity (Wildman–Crippen MR) is 148 cm³/mol. The number of rotatable bonds is 8. The molecule has 3 heterocycles. The summed E-state index contributed by atoms with van der Waals surface area (Å²) in [6.07, 6.45) is 5.31. The first-order valence-corrected chi connectivity index (χ1v) is 13.0. The Labute approximate surface area is 222 Å². The minimum absolute atomic E-state index is 0.187. The summed E-state index contributed by atoms with van der Waals surface area (Å²) in [7, 11) is 1.85. The monoisotopic (exact) mass is 521 g/mol. The highest BCUT2D eigenvalue weighted by Gasteiger charge is 2.24. The smallest absolute Gasteiger partial charge is 0.347 e. The third-order valence-corrected chi connectivity index (χ3v) is 6.91. The van der Waals surface area contributed by atoms with Crippen molar-refractivity contribution in [2.45, 2.75) is 60.0 Å². The molecule has 0 aliphatic carbocycles. The Morgan fingerprint density at radius 1 is 1.14 bits per heavy atom. The first-order chi connectivity index (χ1) is 17.6. The second-order valence-electron chi connectivity index (χ2n) is 9.39. The number of nitrogens with zero attached hydrogens (tertiary/aromatic N) is 5. The number of aromatic carboxylic acids is 1. The summed E-state index contributed by atoms with van der Waals surface area (Å²) in [4.78, 5) is 25.5. The van der Waals surface area contributed by atoms with E-state index in [1.807, 2.05) is 60.0 Å². The highest BCUT2D eigenvalue weighted by atomic mass is 32.1. The number of aryl methyl sites for hydroxylation is 2. The number of anilines is 2. The Kier molecular flexibility index (Phi) is 9.12. The molecule has 0 atom stereocenters. The molecule has 0 aliphatic heterocycles. The molecule has 37 heavy (non-hydrogen) atoms. The van der Waals surface area contributed by atoms with E-state index >= 15 is 0 Å². The SMILES string of the molecule is CC.Cc1cc(-c2ccnc(Nc3cnn(C)c3)n2)ccc1CNCc1nc(C(C)(C)C)sc1C(=O)O. The van der Waals surface area contributed by atoms with Crippen molar-refractivity contribution < 1.29 is 9.90 Å². The van der Waals surface area contributed by atoms with E-state index in [-0.39, 0.29) is 5.41 Å². The highest BCUT2D eigenvalue weighted by Crippen LogP contribution is 2.29. The van der Waals surface area contributed by atoms with Crippen LogP contribution in [0.1, 0.15) is 66.1 Å². The van der Waals surface area contributed by atoms with Gasteiger partial charge in [0.2, 0.25) is 5.95 Å². The van der Waals surface area contributed by atoms with Gasteiger partial charge in [0.05, 0.1) is 28.3 Å².